The molecule has 0 aromatic rings. The topological polar surface area (TPSA) is 55.7 Å². The van der Waals surface area contributed by atoms with Gasteiger partial charge in [0.1, 0.15) is 18.4 Å². The monoisotopic (exact) mass is 293 g/mol. The molecule has 0 bridgehead atoms. The van der Waals surface area contributed by atoms with Gasteiger partial charge in [0.2, 0.25) is 0 Å². The predicted octanol–water partition coefficient (Wildman–Crippen LogP) is 3.47. The summed E-state index contributed by atoms with van der Waals surface area (Å²) in [6.45, 7) is 1.78. The molecule has 0 aromatic carbocycles. The highest BCUT2D eigenvalue weighted by molar-refractivity contribution is 6.23. The van der Waals surface area contributed by atoms with Crippen LogP contribution in [-0.2, 0) is 14.3 Å². The van der Waals surface area contributed by atoms with E-state index in [1.165, 1.54) is 19.1 Å². The quantitative estimate of drug-likeness (QED) is 0.576. The Hall–Kier alpha value is -1.19. The number of carbonyl (C=O) groups is 2. The molecular formula is C17H27NO3. The fourth-order valence-corrected chi connectivity index (χ4v) is 3.35. The number of esters is 1. The minimum Gasteiger partial charge on any atom is -0.458 e. The minimum absolute atomic E-state index is 0.0436. The number of ether oxygens (including phenoxy) is 1. The lowest BCUT2D eigenvalue weighted by Gasteiger charge is -2.22. The van der Waals surface area contributed by atoms with Crippen molar-refractivity contribution in [3.05, 3.63) is 0 Å². The van der Waals surface area contributed by atoms with E-state index in [4.69, 9.17) is 4.74 Å². The summed E-state index contributed by atoms with van der Waals surface area (Å²) in [6.07, 6.45) is 12.1. The van der Waals surface area contributed by atoms with Crippen LogP contribution in [-0.4, -0.2) is 30.1 Å². The van der Waals surface area contributed by atoms with Gasteiger partial charge in [0.25, 0.3) is 0 Å². The van der Waals surface area contributed by atoms with Crippen LogP contribution < -0.4 is 0 Å². The molecular weight excluding hydrogens is 266 g/mol. The normalized spacial score (nSPS) is 23.1. The van der Waals surface area contributed by atoms with E-state index in [-0.39, 0.29) is 17.8 Å². The van der Waals surface area contributed by atoms with Crippen LogP contribution in [0.3, 0.4) is 0 Å². The Kier molecular flexibility index (Phi) is 6.40. The number of ketones is 1. The zero-order valence-electron chi connectivity index (χ0n) is 13.1. The lowest BCUT2D eigenvalue weighted by molar-refractivity contribution is -0.141. The maximum absolute atomic E-state index is 12.2. The zero-order valence-corrected chi connectivity index (χ0v) is 13.1. The van der Waals surface area contributed by atoms with Crippen LogP contribution in [0.5, 0.6) is 0 Å². The Labute approximate surface area is 127 Å². The molecule has 2 aliphatic carbocycles. The first-order valence-corrected chi connectivity index (χ1v) is 8.44. The van der Waals surface area contributed by atoms with Crippen LogP contribution in [0.4, 0.5) is 0 Å². The molecule has 0 radical (unpaired) electrons. The zero-order chi connectivity index (χ0) is 15.1. The summed E-state index contributed by atoms with van der Waals surface area (Å²) in [5.41, 5.74) is 0. The Bertz CT molecular complexity index is 379. The third kappa shape index (κ3) is 5.25. The third-order valence-electron chi connectivity index (χ3n) is 4.66. The molecule has 4 nitrogen and oxygen atoms in total. The Morgan fingerprint density at radius 2 is 1.57 bits per heavy atom. The first-order valence-electron chi connectivity index (χ1n) is 8.44. The fraction of sp³-hybridized carbons (Fsp3) is 0.824. The smallest absolute Gasteiger partial charge is 0.349 e. The Morgan fingerprint density at radius 1 is 1.00 bits per heavy atom. The van der Waals surface area contributed by atoms with Gasteiger partial charge in [-0.05, 0) is 45.4 Å². The van der Waals surface area contributed by atoms with Gasteiger partial charge in [0.05, 0.1) is 0 Å². The largest absolute Gasteiger partial charge is 0.458 e. The van der Waals surface area contributed by atoms with Gasteiger partial charge in [-0.1, -0.05) is 25.7 Å². The molecule has 0 heterocycles. The average Bonchev–Trinajstić information content (AvgIpc) is 2.53. The van der Waals surface area contributed by atoms with E-state index in [0.717, 1.165) is 51.4 Å². The van der Waals surface area contributed by atoms with Crippen molar-refractivity contribution in [2.75, 3.05) is 0 Å². The molecule has 4 heteroatoms. The van der Waals surface area contributed by atoms with Gasteiger partial charge in [0.15, 0.2) is 5.78 Å². The summed E-state index contributed by atoms with van der Waals surface area (Å²) in [5, 5.41) is 0. The van der Waals surface area contributed by atoms with Crippen molar-refractivity contribution in [1.82, 2.24) is 0 Å². The summed E-state index contributed by atoms with van der Waals surface area (Å²) in [4.78, 5) is 28.1. The van der Waals surface area contributed by atoms with Gasteiger partial charge in [-0.3, -0.25) is 9.79 Å². The summed E-state index contributed by atoms with van der Waals surface area (Å²) in [6, 6.07) is -0.424. The SMILES string of the molecule is C[C@H](N=CC(=O)OC1CCCCC1)C(=O)C1CCCCC1. The number of rotatable bonds is 5. The van der Waals surface area contributed by atoms with Gasteiger partial charge in [-0.25, -0.2) is 4.79 Å². The molecule has 2 aliphatic rings. The van der Waals surface area contributed by atoms with Crippen LogP contribution >= 0.6 is 0 Å². The lowest BCUT2D eigenvalue weighted by atomic mass is 9.84. The fourth-order valence-electron chi connectivity index (χ4n) is 3.35. The van der Waals surface area contributed by atoms with Gasteiger partial charge in [0, 0.05) is 5.92 Å². The number of aliphatic imine (C=N–C) groups is 1. The van der Waals surface area contributed by atoms with Crippen molar-refractivity contribution in [3.63, 3.8) is 0 Å². The molecule has 0 aliphatic heterocycles. The summed E-state index contributed by atoms with van der Waals surface area (Å²) in [7, 11) is 0. The molecule has 21 heavy (non-hydrogen) atoms. The molecule has 2 rings (SSSR count). The Morgan fingerprint density at radius 3 is 2.19 bits per heavy atom. The van der Waals surface area contributed by atoms with Crippen LogP contribution in [0.15, 0.2) is 4.99 Å². The second-order valence-electron chi connectivity index (χ2n) is 6.39. The molecule has 118 valence electrons. The summed E-state index contributed by atoms with van der Waals surface area (Å²) in [5.74, 6) is -0.0816. The predicted molar refractivity (Wildman–Crippen MR) is 82.5 cm³/mol. The standard InChI is InChI=1S/C17H27NO3/c1-13(17(20)14-8-4-2-5-9-14)18-12-16(19)21-15-10-6-3-7-11-15/h12-15H,2-11H2,1H3/t13-/m0/s1. The maximum Gasteiger partial charge on any atom is 0.349 e. The second kappa shape index (κ2) is 8.30. The van der Waals surface area contributed by atoms with Gasteiger partial charge in [-0.2, -0.15) is 0 Å². The van der Waals surface area contributed by atoms with E-state index in [2.05, 4.69) is 4.99 Å². The summed E-state index contributed by atoms with van der Waals surface area (Å²) < 4.78 is 5.37. The highest BCUT2D eigenvalue weighted by atomic mass is 16.5. The van der Waals surface area contributed by atoms with E-state index in [1.54, 1.807) is 6.92 Å². The van der Waals surface area contributed by atoms with E-state index in [1.807, 2.05) is 0 Å². The second-order valence-corrected chi connectivity index (χ2v) is 6.39. The third-order valence-corrected chi connectivity index (χ3v) is 4.66. The molecule has 2 saturated carbocycles. The van der Waals surface area contributed by atoms with E-state index in [9.17, 15) is 9.59 Å². The van der Waals surface area contributed by atoms with Crippen molar-refractivity contribution >= 4 is 18.0 Å². The average molecular weight is 293 g/mol. The van der Waals surface area contributed by atoms with Crippen LogP contribution in [0.1, 0.15) is 71.1 Å². The molecule has 0 spiro atoms. The molecule has 0 amide bonds. The minimum atomic E-state index is -0.424. The van der Waals surface area contributed by atoms with Crippen LogP contribution in [0, 0.1) is 5.92 Å². The number of Topliss-reactive ketones (excluding diaryl/α,β-unsaturated/α-hetero) is 1. The molecule has 0 saturated heterocycles. The maximum atomic E-state index is 12.2. The van der Waals surface area contributed by atoms with Gasteiger partial charge < -0.3 is 4.74 Å². The number of carbonyl (C=O) groups excluding carboxylic acids is 2. The Balaban J connectivity index is 1.75. The summed E-state index contributed by atoms with van der Waals surface area (Å²) >= 11 is 0. The molecule has 1 atom stereocenters. The lowest BCUT2D eigenvalue weighted by Crippen LogP contribution is -2.27. The van der Waals surface area contributed by atoms with Crippen LogP contribution in [0.2, 0.25) is 0 Å². The van der Waals surface area contributed by atoms with Crippen molar-refractivity contribution in [3.8, 4) is 0 Å². The van der Waals surface area contributed by atoms with Crippen molar-refractivity contribution in [2.24, 2.45) is 10.9 Å². The van der Waals surface area contributed by atoms with E-state index >= 15 is 0 Å². The number of hydrogen-bond donors (Lipinski definition) is 0. The number of nitrogens with zero attached hydrogens (tertiary/aromatic N) is 1. The van der Waals surface area contributed by atoms with E-state index < -0.39 is 12.0 Å². The first kappa shape index (κ1) is 16.2. The molecule has 0 N–H and O–H groups in total. The highest BCUT2D eigenvalue weighted by Crippen LogP contribution is 2.25. The van der Waals surface area contributed by atoms with Gasteiger partial charge >= 0.3 is 5.97 Å². The van der Waals surface area contributed by atoms with Crippen LogP contribution in [0.25, 0.3) is 0 Å². The van der Waals surface area contributed by atoms with Gasteiger partial charge in [-0.15, -0.1) is 0 Å². The van der Waals surface area contributed by atoms with E-state index in [0.29, 0.717) is 0 Å². The first-order chi connectivity index (χ1) is 10.2. The highest BCUT2D eigenvalue weighted by Gasteiger charge is 2.25. The van der Waals surface area contributed by atoms with Crippen molar-refractivity contribution in [1.29, 1.82) is 0 Å². The molecule has 0 aromatic heterocycles. The molecule has 2 fully saturated rings. The van der Waals surface area contributed by atoms with Crippen molar-refractivity contribution < 1.29 is 14.3 Å². The number of hydrogen-bond acceptors (Lipinski definition) is 4. The molecule has 0 unspecified atom stereocenters. The van der Waals surface area contributed by atoms with Crippen molar-refractivity contribution in [2.45, 2.75) is 83.3 Å².